The number of aromatic nitrogens is 2. The molecule has 0 bridgehead atoms. The molecule has 0 aliphatic rings. The second-order valence-electron chi connectivity index (χ2n) is 6.33. The number of nitrogens with zero attached hydrogens (tertiary/aromatic N) is 3. The first-order chi connectivity index (χ1) is 13.5. The van der Waals surface area contributed by atoms with Crippen LogP contribution in [0.5, 0.6) is 0 Å². The third-order valence-electron chi connectivity index (χ3n) is 4.05. The van der Waals surface area contributed by atoms with Crippen LogP contribution in [0.3, 0.4) is 0 Å². The molecule has 142 valence electrons. The molecule has 0 aromatic carbocycles. The molecule has 4 aromatic heterocycles. The van der Waals surface area contributed by atoms with Gasteiger partial charge in [0.15, 0.2) is 5.58 Å². The first kappa shape index (κ1) is 18.1. The molecular formula is C19H16ClN5O3. The van der Waals surface area contributed by atoms with Crippen molar-refractivity contribution >= 4 is 28.4 Å². The van der Waals surface area contributed by atoms with Crippen molar-refractivity contribution < 1.29 is 13.3 Å². The molecule has 0 radical (unpaired) electrons. The number of furan rings is 2. The summed E-state index contributed by atoms with van der Waals surface area (Å²) in [5, 5.41) is 12.6. The maximum absolute atomic E-state index is 9.04. The van der Waals surface area contributed by atoms with E-state index in [1.807, 2.05) is 25.1 Å². The molecule has 1 atom stereocenters. The Bertz CT molecular complexity index is 1150. The van der Waals surface area contributed by atoms with Gasteiger partial charge in [-0.25, -0.2) is 9.97 Å². The van der Waals surface area contributed by atoms with Gasteiger partial charge in [-0.15, -0.1) is 0 Å². The van der Waals surface area contributed by atoms with Gasteiger partial charge in [-0.2, -0.15) is 5.26 Å². The molecule has 0 amide bonds. The van der Waals surface area contributed by atoms with E-state index in [1.54, 1.807) is 12.3 Å². The van der Waals surface area contributed by atoms with Crippen molar-refractivity contribution in [1.29, 1.82) is 5.26 Å². The molecule has 0 spiro atoms. The maximum atomic E-state index is 9.04. The highest BCUT2D eigenvalue weighted by molar-refractivity contribution is 6.30. The van der Waals surface area contributed by atoms with E-state index < -0.39 is 0 Å². The van der Waals surface area contributed by atoms with Gasteiger partial charge in [0, 0.05) is 18.5 Å². The minimum atomic E-state index is -0.167. The van der Waals surface area contributed by atoms with E-state index in [0.29, 0.717) is 41.1 Å². The fraction of sp³-hybridized carbons (Fsp3) is 0.211. The van der Waals surface area contributed by atoms with Gasteiger partial charge in [-0.05, 0) is 19.1 Å². The molecule has 4 heterocycles. The van der Waals surface area contributed by atoms with Crippen molar-refractivity contribution in [3.8, 4) is 17.5 Å². The number of rotatable bonds is 6. The zero-order valence-corrected chi connectivity index (χ0v) is 15.7. The van der Waals surface area contributed by atoms with E-state index in [4.69, 9.17) is 35.8 Å². The van der Waals surface area contributed by atoms with Gasteiger partial charge in [-0.1, -0.05) is 11.6 Å². The van der Waals surface area contributed by atoms with Gasteiger partial charge in [0.2, 0.25) is 11.7 Å². The Morgan fingerprint density at radius 2 is 2.25 bits per heavy atom. The van der Waals surface area contributed by atoms with Gasteiger partial charge in [0.1, 0.15) is 33.8 Å². The Morgan fingerprint density at radius 1 is 1.39 bits per heavy atom. The smallest absolute Gasteiger partial charge is 0.233 e. The fourth-order valence-electron chi connectivity index (χ4n) is 2.91. The highest BCUT2D eigenvalue weighted by atomic mass is 35.5. The van der Waals surface area contributed by atoms with Crippen molar-refractivity contribution in [2.45, 2.75) is 25.9 Å². The minimum absolute atomic E-state index is 0.0919. The number of nitrogens with two attached hydrogens (primary N) is 1. The lowest BCUT2D eigenvalue weighted by Crippen LogP contribution is -2.17. The molecule has 1 unspecified atom stereocenters. The SMILES string of the molecule is CC(N)Cc1oc2c(NCc3ccco3)cc(Cl)nc2c1-c1ncc(C#N)o1. The summed E-state index contributed by atoms with van der Waals surface area (Å²) in [6.45, 7) is 2.31. The molecule has 0 aliphatic carbocycles. The monoisotopic (exact) mass is 397 g/mol. The molecule has 0 saturated carbocycles. The molecule has 4 aromatic rings. The first-order valence-corrected chi connectivity index (χ1v) is 8.93. The summed E-state index contributed by atoms with van der Waals surface area (Å²) < 4.78 is 17.0. The first-order valence-electron chi connectivity index (χ1n) is 8.55. The lowest BCUT2D eigenvalue weighted by Gasteiger charge is -2.05. The summed E-state index contributed by atoms with van der Waals surface area (Å²) in [5.41, 5.74) is 8.15. The fourth-order valence-corrected chi connectivity index (χ4v) is 3.10. The molecule has 0 saturated heterocycles. The lowest BCUT2D eigenvalue weighted by atomic mass is 10.1. The Balaban J connectivity index is 1.85. The van der Waals surface area contributed by atoms with Crippen LogP contribution in [-0.2, 0) is 13.0 Å². The summed E-state index contributed by atoms with van der Waals surface area (Å²) >= 11 is 6.25. The average Bonchev–Trinajstić information content (AvgIpc) is 3.38. The highest BCUT2D eigenvalue weighted by Crippen LogP contribution is 2.38. The lowest BCUT2D eigenvalue weighted by molar-refractivity contribution is 0.514. The second-order valence-corrected chi connectivity index (χ2v) is 6.71. The predicted molar refractivity (Wildman–Crippen MR) is 103 cm³/mol. The molecule has 3 N–H and O–H groups in total. The van der Waals surface area contributed by atoms with Crippen molar-refractivity contribution in [2.24, 2.45) is 5.73 Å². The van der Waals surface area contributed by atoms with Crippen LogP contribution in [0.25, 0.3) is 22.6 Å². The third-order valence-corrected chi connectivity index (χ3v) is 4.25. The van der Waals surface area contributed by atoms with E-state index in [1.165, 1.54) is 6.20 Å². The van der Waals surface area contributed by atoms with Gasteiger partial charge in [0.05, 0.1) is 24.7 Å². The van der Waals surface area contributed by atoms with Crippen LogP contribution in [0, 0.1) is 11.3 Å². The van der Waals surface area contributed by atoms with Gasteiger partial charge in [-0.3, -0.25) is 0 Å². The summed E-state index contributed by atoms with van der Waals surface area (Å²) in [6, 6.07) is 7.10. The quantitative estimate of drug-likeness (QED) is 0.465. The van der Waals surface area contributed by atoms with Crippen LogP contribution in [0.1, 0.15) is 24.2 Å². The molecule has 0 fully saturated rings. The Kier molecular flexibility index (Phi) is 4.77. The zero-order valence-electron chi connectivity index (χ0n) is 14.9. The molecule has 9 heteroatoms. The van der Waals surface area contributed by atoms with Crippen molar-refractivity contribution in [2.75, 3.05) is 5.32 Å². The van der Waals surface area contributed by atoms with Crippen LogP contribution in [0.2, 0.25) is 5.15 Å². The van der Waals surface area contributed by atoms with Crippen LogP contribution >= 0.6 is 11.6 Å². The number of halogens is 1. The molecule has 28 heavy (non-hydrogen) atoms. The van der Waals surface area contributed by atoms with E-state index in [9.17, 15) is 0 Å². The number of nitriles is 1. The molecule has 8 nitrogen and oxygen atoms in total. The van der Waals surface area contributed by atoms with Gasteiger partial charge in [0.25, 0.3) is 0 Å². The number of pyridine rings is 1. The van der Waals surface area contributed by atoms with Crippen molar-refractivity contribution in [1.82, 2.24) is 9.97 Å². The normalized spacial score (nSPS) is 12.2. The van der Waals surface area contributed by atoms with Crippen LogP contribution in [0.4, 0.5) is 5.69 Å². The van der Waals surface area contributed by atoms with Gasteiger partial charge >= 0.3 is 0 Å². The summed E-state index contributed by atoms with van der Waals surface area (Å²) in [4.78, 5) is 8.59. The van der Waals surface area contributed by atoms with Gasteiger partial charge < -0.3 is 24.3 Å². The summed E-state index contributed by atoms with van der Waals surface area (Å²) in [5.74, 6) is 1.65. The largest absolute Gasteiger partial charge is 0.467 e. The highest BCUT2D eigenvalue weighted by Gasteiger charge is 2.25. The Hall–Kier alpha value is -3.28. The summed E-state index contributed by atoms with van der Waals surface area (Å²) in [6.07, 6.45) is 3.39. The minimum Gasteiger partial charge on any atom is -0.467 e. The Morgan fingerprint density at radius 3 is 2.93 bits per heavy atom. The van der Waals surface area contributed by atoms with E-state index >= 15 is 0 Å². The van der Waals surface area contributed by atoms with Crippen LogP contribution in [-0.4, -0.2) is 16.0 Å². The number of hydrogen-bond donors (Lipinski definition) is 2. The van der Waals surface area contributed by atoms with E-state index in [2.05, 4.69) is 15.3 Å². The maximum Gasteiger partial charge on any atom is 0.233 e. The number of hydrogen-bond acceptors (Lipinski definition) is 8. The Labute approximate surface area is 164 Å². The van der Waals surface area contributed by atoms with Crippen molar-refractivity contribution in [3.63, 3.8) is 0 Å². The molecule has 4 rings (SSSR count). The van der Waals surface area contributed by atoms with Crippen LogP contribution in [0.15, 0.2) is 43.9 Å². The van der Waals surface area contributed by atoms with Crippen molar-refractivity contribution in [3.05, 3.63) is 53.1 Å². The number of nitrogens with one attached hydrogen (secondary N) is 1. The zero-order chi connectivity index (χ0) is 19.7. The van der Waals surface area contributed by atoms with Crippen LogP contribution < -0.4 is 11.1 Å². The molecule has 0 aliphatic heterocycles. The third kappa shape index (κ3) is 3.45. The summed E-state index contributed by atoms with van der Waals surface area (Å²) in [7, 11) is 0. The molecular weight excluding hydrogens is 382 g/mol. The topological polar surface area (TPSA) is 127 Å². The number of fused-ring (bicyclic) bond motifs is 1. The van der Waals surface area contributed by atoms with E-state index in [0.717, 1.165) is 5.76 Å². The standard InChI is InChI=1S/C19H16ClN5O3/c1-10(22)5-14-16(19-24-9-12(7-21)27-19)17-18(28-14)13(6-15(20)25-17)23-8-11-3-2-4-26-11/h2-4,6,9-10H,5,8,22H2,1H3,(H,23,25). The second kappa shape index (κ2) is 7.38. The predicted octanol–water partition coefficient (Wildman–Crippen LogP) is 4.10. The number of anilines is 1. The number of oxazole rings is 1. The average molecular weight is 398 g/mol. The van der Waals surface area contributed by atoms with E-state index in [-0.39, 0.29) is 22.8 Å².